The molecule has 0 aliphatic carbocycles. The van der Waals surface area contributed by atoms with Crippen LogP contribution in [0.2, 0.25) is 0 Å². The third kappa shape index (κ3) is 2.61. The number of halogens is 2. The van der Waals surface area contributed by atoms with Gasteiger partial charge in [0.25, 0.3) is 0 Å². The Morgan fingerprint density at radius 3 is 2.50 bits per heavy atom. The number of Topliss-reactive ketones (excluding diaryl/α,β-unsaturated/α-hetero) is 1. The Labute approximate surface area is 96.2 Å². The van der Waals surface area contributed by atoms with Crippen LogP contribution >= 0.6 is 0 Å². The molecule has 1 saturated heterocycles. The van der Waals surface area contributed by atoms with Crippen LogP contribution in [-0.4, -0.2) is 23.0 Å². The molecule has 0 N–H and O–H groups in total. The Bertz CT molecular complexity index is 400. The maximum Gasteiger partial charge on any atom is 0.211 e. The summed E-state index contributed by atoms with van der Waals surface area (Å²) in [5.74, 6) is 0.792. The first-order valence-electron chi connectivity index (χ1n) is 5.29. The van der Waals surface area contributed by atoms with Gasteiger partial charge < -0.3 is 0 Å². The Morgan fingerprint density at radius 2 is 1.88 bits per heavy atom. The van der Waals surface area contributed by atoms with Gasteiger partial charge in [-0.3, -0.25) is 4.79 Å². The Morgan fingerprint density at radius 1 is 1.19 bits per heavy atom. The zero-order chi connectivity index (χ0) is 11.5. The van der Waals surface area contributed by atoms with Crippen molar-refractivity contribution in [1.29, 1.82) is 0 Å². The number of hydrogen-bond acceptors (Lipinski definition) is 1. The average molecular weight is 243 g/mol. The maximum absolute atomic E-state index is 12.9. The minimum atomic E-state index is -0.944. The summed E-state index contributed by atoms with van der Waals surface area (Å²) in [5, 5.41) is 0. The summed E-state index contributed by atoms with van der Waals surface area (Å²) in [5.41, 5.74) is 0.290. The summed E-state index contributed by atoms with van der Waals surface area (Å²) in [4.78, 5) is 11.8. The molecule has 0 atom stereocenters. The van der Waals surface area contributed by atoms with E-state index in [0.29, 0.717) is 11.3 Å². The van der Waals surface area contributed by atoms with Gasteiger partial charge in [-0.2, -0.15) is 0 Å². The molecule has 1 aliphatic heterocycles. The van der Waals surface area contributed by atoms with E-state index in [4.69, 9.17) is 0 Å². The van der Waals surface area contributed by atoms with Crippen molar-refractivity contribution in [3.8, 4) is 0 Å². The van der Waals surface area contributed by atoms with Gasteiger partial charge in [0, 0.05) is 5.56 Å². The van der Waals surface area contributed by atoms with Crippen molar-refractivity contribution in [2.75, 3.05) is 17.3 Å². The molecule has 0 spiro atoms. The SMILES string of the molecule is O=C(C[S+]1CCCC1)c1ccc(F)c(F)c1. The third-order valence-electron chi connectivity index (χ3n) is 2.69. The standard InChI is InChI=1S/C12H13F2OS/c13-10-4-3-9(7-11(10)14)12(15)8-16-5-1-2-6-16/h3-4,7H,1-2,5-6,8H2/q+1. The van der Waals surface area contributed by atoms with E-state index in [0.717, 1.165) is 23.6 Å². The van der Waals surface area contributed by atoms with Gasteiger partial charge in [-0.05, 0) is 41.9 Å². The lowest BCUT2D eigenvalue weighted by Crippen LogP contribution is -2.18. The zero-order valence-corrected chi connectivity index (χ0v) is 9.66. The summed E-state index contributed by atoms with van der Waals surface area (Å²) in [6.45, 7) is 0. The first kappa shape index (κ1) is 11.6. The number of carbonyl (C=O) groups excluding carboxylic acids is 1. The third-order valence-corrected chi connectivity index (χ3v) is 5.10. The molecule has 0 radical (unpaired) electrons. The largest absolute Gasteiger partial charge is 0.289 e. The van der Waals surface area contributed by atoms with Crippen molar-refractivity contribution >= 4 is 16.7 Å². The minimum Gasteiger partial charge on any atom is -0.289 e. The van der Waals surface area contributed by atoms with Crippen LogP contribution in [-0.2, 0) is 10.9 Å². The second-order valence-corrected chi connectivity index (χ2v) is 6.25. The molecule has 1 aliphatic rings. The van der Waals surface area contributed by atoms with Crippen LogP contribution in [0.1, 0.15) is 23.2 Å². The maximum atomic E-state index is 12.9. The molecule has 1 heterocycles. The van der Waals surface area contributed by atoms with Crippen molar-refractivity contribution in [2.45, 2.75) is 12.8 Å². The highest BCUT2D eigenvalue weighted by molar-refractivity contribution is 7.97. The van der Waals surface area contributed by atoms with Crippen LogP contribution in [0.15, 0.2) is 18.2 Å². The molecule has 0 saturated carbocycles. The molecule has 0 amide bonds. The number of ketones is 1. The average Bonchev–Trinajstić information content (AvgIpc) is 2.74. The van der Waals surface area contributed by atoms with Crippen molar-refractivity contribution in [1.82, 2.24) is 0 Å². The lowest BCUT2D eigenvalue weighted by molar-refractivity contribution is 0.102. The lowest BCUT2D eigenvalue weighted by atomic mass is 10.1. The van der Waals surface area contributed by atoms with Crippen LogP contribution in [0.3, 0.4) is 0 Å². The van der Waals surface area contributed by atoms with E-state index in [1.54, 1.807) is 0 Å². The van der Waals surface area contributed by atoms with Gasteiger partial charge >= 0.3 is 0 Å². The second-order valence-electron chi connectivity index (χ2n) is 3.92. The predicted molar refractivity (Wildman–Crippen MR) is 61.9 cm³/mol. The van der Waals surface area contributed by atoms with Gasteiger partial charge in [0.05, 0.1) is 0 Å². The zero-order valence-electron chi connectivity index (χ0n) is 8.84. The molecule has 0 aromatic heterocycles. The van der Waals surface area contributed by atoms with Crippen molar-refractivity contribution in [2.24, 2.45) is 0 Å². The molecule has 4 heteroatoms. The highest BCUT2D eigenvalue weighted by Crippen LogP contribution is 2.16. The molecular formula is C12H13F2OS+. The van der Waals surface area contributed by atoms with Crippen LogP contribution in [0.5, 0.6) is 0 Å². The van der Waals surface area contributed by atoms with Gasteiger partial charge in [-0.25, -0.2) is 8.78 Å². The first-order chi connectivity index (χ1) is 7.66. The van der Waals surface area contributed by atoms with Crippen molar-refractivity contribution < 1.29 is 13.6 Å². The van der Waals surface area contributed by atoms with E-state index >= 15 is 0 Å². The van der Waals surface area contributed by atoms with E-state index in [-0.39, 0.29) is 16.7 Å². The van der Waals surface area contributed by atoms with E-state index in [9.17, 15) is 13.6 Å². The van der Waals surface area contributed by atoms with Gasteiger partial charge in [0.1, 0.15) is 11.5 Å². The quantitative estimate of drug-likeness (QED) is 0.589. The fourth-order valence-electron chi connectivity index (χ4n) is 1.80. The molecule has 2 rings (SSSR count). The van der Waals surface area contributed by atoms with E-state index in [1.807, 2.05) is 0 Å². The summed E-state index contributed by atoms with van der Waals surface area (Å²) in [6, 6.07) is 3.37. The Balaban J connectivity index is 2.05. The lowest BCUT2D eigenvalue weighted by Gasteiger charge is -2.01. The Hall–Kier alpha value is -0.900. The number of carbonyl (C=O) groups is 1. The van der Waals surface area contributed by atoms with E-state index in [1.165, 1.54) is 18.9 Å². The van der Waals surface area contributed by atoms with E-state index < -0.39 is 11.6 Å². The fraction of sp³-hybridized carbons (Fsp3) is 0.417. The normalized spacial score (nSPS) is 16.6. The molecule has 1 fully saturated rings. The summed E-state index contributed by atoms with van der Waals surface area (Å²) < 4.78 is 25.6. The molecule has 1 aromatic rings. The first-order valence-corrected chi connectivity index (χ1v) is 7.02. The number of benzene rings is 1. The van der Waals surface area contributed by atoms with Gasteiger partial charge in [-0.15, -0.1) is 0 Å². The van der Waals surface area contributed by atoms with Crippen molar-refractivity contribution in [3.05, 3.63) is 35.4 Å². The topological polar surface area (TPSA) is 17.1 Å². The molecular weight excluding hydrogens is 230 g/mol. The number of hydrogen-bond donors (Lipinski definition) is 0. The van der Waals surface area contributed by atoms with Crippen LogP contribution in [0.4, 0.5) is 8.78 Å². The van der Waals surface area contributed by atoms with Gasteiger partial charge in [0.2, 0.25) is 5.78 Å². The highest BCUT2D eigenvalue weighted by atomic mass is 32.2. The molecule has 16 heavy (non-hydrogen) atoms. The monoisotopic (exact) mass is 243 g/mol. The van der Waals surface area contributed by atoms with Crippen LogP contribution < -0.4 is 0 Å². The van der Waals surface area contributed by atoms with Crippen LogP contribution in [0, 0.1) is 11.6 Å². The number of rotatable bonds is 3. The molecule has 0 unspecified atom stereocenters. The van der Waals surface area contributed by atoms with Gasteiger partial charge in [0.15, 0.2) is 17.4 Å². The second kappa shape index (κ2) is 4.95. The van der Waals surface area contributed by atoms with Crippen LogP contribution in [0.25, 0.3) is 0 Å². The summed E-state index contributed by atoms with van der Waals surface area (Å²) >= 11 is 0. The van der Waals surface area contributed by atoms with Crippen molar-refractivity contribution in [3.63, 3.8) is 0 Å². The van der Waals surface area contributed by atoms with E-state index in [2.05, 4.69) is 0 Å². The molecule has 0 bridgehead atoms. The molecule has 1 nitrogen and oxygen atoms in total. The fourth-order valence-corrected chi connectivity index (χ4v) is 4.05. The summed E-state index contributed by atoms with van der Waals surface area (Å²) in [7, 11) is 0.164. The summed E-state index contributed by atoms with van der Waals surface area (Å²) in [6.07, 6.45) is 2.38. The minimum absolute atomic E-state index is 0.0656. The molecule has 1 aromatic carbocycles. The van der Waals surface area contributed by atoms with Gasteiger partial charge in [-0.1, -0.05) is 0 Å². The predicted octanol–water partition coefficient (Wildman–Crippen LogP) is 2.56. The smallest absolute Gasteiger partial charge is 0.211 e. The highest BCUT2D eigenvalue weighted by Gasteiger charge is 2.27. The Kier molecular flexibility index (Phi) is 3.59. The molecule has 86 valence electrons.